The number of carbonyl (C=O) groups is 1. The van der Waals surface area contributed by atoms with Gasteiger partial charge in [0.25, 0.3) is 0 Å². The Labute approximate surface area is 157 Å². The van der Waals surface area contributed by atoms with Crippen molar-refractivity contribution in [3.05, 3.63) is 54.6 Å². The molecule has 27 heavy (non-hydrogen) atoms. The van der Waals surface area contributed by atoms with Gasteiger partial charge in [0, 0.05) is 36.5 Å². The summed E-state index contributed by atoms with van der Waals surface area (Å²) in [5.74, 6) is 0.790. The first-order valence-electron chi connectivity index (χ1n) is 9.22. The van der Waals surface area contributed by atoms with E-state index >= 15 is 0 Å². The van der Waals surface area contributed by atoms with Crippen molar-refractivity contribution in [2.24, 2.45) is 5.92 Å². The number of hydrogen-bond acceptors (Lipinski definition) is 3. The highest BCUT2D eigenvalue weighted by atomic mass is 19.1. The molecule has 6 heteroatoms. The van der Waals surface area contributed by atoms with Gasteiger partial charge in [0.05, 0.1) is 0 Å². The molecule has 3 aromatic rings. The Hall–Kier alpha value is -3.02. The van der Waals surface area contributed by atoms with Crippen molar-refractivity contribution < 1.29 is 9.18 Å². The molecule has 1 saturated carbocycles. The van der Waals surface area contributed by atoms with Gasteiger partial charge in [0.2, 0.25) is 5.91 Å². The Balaban J connectivity index is 1.66. The van der Waals surface area contributed by atoms with E-state index in [1.165, 1.54) is 12.1 Å². The molecular formula is C21H21FN4O. The molecule has 1 aliphatic carbocycles. The number of nitrogens with one attached hydrogen (secondary N) is 1. The minimum absolute atomic E-state index is 0.00478. The minimum atomic E-state index is -0.278. The van der Waals surface area contributed by atoms with Gasteiger partial charge < -0.3 is 5.32 Å². The highest BCUT2D eigenvalue weighted by molar-refractivity contribution is 5.91. The first kappa shape index (κ1) is 17.4. The molecule has 2 aromatic heterocycles. The Morgan fingerprint density at radius 2 is 2.00 bits per heavy atom. The molecule has 0 aliphatic heterocycles. The van der Waals surface area contributed by atoms with Crippen LogP contribution in [0.1, 0.15) is 26.2 Å². The van der Waals surface area contributed by atoms with Crippen LogP contribution in [-0.4, -0.2) is 20.7 Å². The average Bonchev–Trinajstić information content (AvgIpc) is 3.37. The molecule has 0 spiro atoms. The van der Waals surface area contributed by atoms with Crippen LogP contribution < -0.4 is 5.32 Å². The molecular weight excluding hydrogens is 343 g/mol. The third-order valence-corrected chi connectivity index (χ3v) is 4.71. The van der Waals surface area contributed by atoms with Crippen LogP contribution in [0.15, 0.2) is 48.8 Å². The van der Waals surface area contributed by atoms with E-state index in [1.807, 2.05) is 29.9 Å². The lowest BCUT2D eigenvalue weighted by molar-refractivity contribution is -0.116. The zero-order chi connectivity index (χ0) is 18.8. The van der Waals surface area contributed by atoms with E-state index in [-0.39, 0.29) is 11.7 Å². The first-order chi connectivity index (χ1) is 13.1. The molecule has 4 rings (SSSR count). The fourth-order valence-corrected chi connectivity index (χ4v) is 3.06. The normalized spacial score (nSPS) is 13.6. The topological polar surface area (TPSA) is 59.8 Å². The second-order valence-corrected chi connectivity index (χ2v) is 6.88. The second kappa shape index (κ2) is 7.31. The number of aryl methyl sites for hydroxylation is 1. The second-order valence-electron chi connectivity index (χ2n) is 6.88. The van der Waals surface area contributed by atoms with Gasteiger partial charge in [-0.2, -0.15) is 5.10 Å². The summed E-state index contributed by atoms with van der Waals surface area (Å²) in [5, 5.41) is 7.51. The molecule has 5 nitrogen and oxygen atoms in total. The number of amides is 1. The molecule has 1 fully saturated rings. The van der Waals surface area contributed by atoms with Gasteiger partial charge in [-0.15, -0.1) is 0 Å². The fraction of sp³-hybridized carbons (Fsp3) is 0.286. The van der Waals surface area contributed by atoms with Crippen LogP contribution in [0.5, 0.6) is 0 Å². The average molecular weight is 364 g/mol. The van der Waals surface area contributed by atoms with Gasteiger partial charge >= 0.3 is 0 Å². The van der Waals surface area contributed by atoms with Crippen molar-refractivity contribution in [2.45, 2.75) is 32.7 Å². The largest absolute Gasteiger partial charge is 0.311 e. The maximum atomic E-state index is 13.3. The van der Waals surface area contributed by atoms with E-state index in [0.717, 1.165) is 41.8 Å². The minimum Gasteiger partial charge on any atom is -0.311 e. The van der Waals surface area contributed by atoms with Crippen LogP contribution in [-0.2, 0) is 11.3 Å². The maximum Gasteiger partial charge on any atom is 0.225 e. The van der Waals surface area contributed by atoms with E-state index in [9.17, 15) is 9.18 Å². The highest BCUT2D eigenvalue weighted by Crippen LogP contribution is 2.33. The summed E-state index contributed by atoms with van der Waals surface area (Å²) in [7, 11) is 0. The standard InChI is InChI=1S/C21H21FN4O/c1-2-26-13-18(21(25-26)15-5-7-17(22)8-6-15)16-9-10-23-19(12-16)24-20(27)11-14-3-4-14/h5-10,12-14H,2-4,11H2,1H3,(H,23,24,27). The summed E-state index contributed by atoms with van der Waals surface area (Å²) >= 11 is 0. The zero-order valence-corrected chi connectivity index (χ0v) is 15.2. The third-order valence-electron chi connectivity index (χ3n) is 4.71. The van der Waals surface area contributed by atoms with Gasteiger partial charge in [0.15, 0.2) is 0 Å². The van der Waals surface area contributed by atoms with Crippen LogP contribution in [0.3, 0.4) is 0 Å². The fourth-order valence-electron chi connectivity index (χ4n) is 3.06. The smallest absolute Gasteiger partial charge is 0.225 e. The van der Waals surface area contributed by atoms with E-state index in [4.69, 9.17) is 0 Å². The van der Waals surface area contributed by atoms with Crippen molar-refractivity contribution in [1.29, 1.82) is 0 Å². The van der Waals surface area contributed by atoms with E-state index in [0.29, 0.717) is 18.2 Å². The van der Waals surface area contributed by atoms with Gasteiger partial charge in [-0.3, -0.25) is 9.48 Å². The molecule has 1 aliphatic rings. The SMILES string of the molecule is CCn1cc(-c2ccnc(NC(=O)CC3CC3)c2)c(-c2ccc(F)cc2)n1. The van der Waals surface area contributed by atoms with Crippen LogP contribution in [0.4, 0.5) is 10.2 Å². The lowest BCUT2D eigenvalue weighted by Gasteiger charge is -2.07. The number of halogens is 1. The zero-order valence-electron chi connectivity index (χ0n) is 15.2. The predicted molar refractivity (Wildman–Crippen MR) is 102 cm³/mol. The number of aromatic nitrogens is 3. The molecule has 2 heterocycles. The van der Waals surface area contributed by atoms with E-state index < -0.39 is 0 Å². The summed E-state index contributed by atoms with van der Waals surface area (Å²) in [5.41, 5.74) is 3.45. The Morgan fingerprint density at radius 1 is 1.22 bits per heavy atom. The summed E-state index contributed by atoms with van der Waals surface area (Å²) in [6.07, 6.45) is 6.47. The number of benzene rings is 1. The summed E-state index contributed by atoms with van der Waals surface area (Å²) in [6, 6.07) is 10.1. The summed E-state index contributed by atoms with van der Waals surface area (Å²) in [6.45, 7) is 2.74. The van der Waals surface area contributed by atoms with Crippen LogP contribution >= 0.6 is 0 Å². The number of pyridine rings is 1. The van der Waals surface area contributed by atoms with Crippen LogP contribution in [0.2, 0.25) is 0 Å². The van der Waals surface area contributed by atoms with Crippen LogP contribution in [0.25, 0.3) is 22.4 Å². The van der Waals surface area contributed by atoms with Gasteiger partial charge in [0.1, 0.15) is 17.3 Å². The van der Waals surface area contributed by atoms with Crippen molar-refractivity contribution in [2.75, 3.05) is 5.32 Å². The van der Waals surface area contributed by atoms with Crippen LogP contribution in [0, 0.1) is 11.7 Å². The molecule has 0 atom stereocenters. The number of anilines is 1. The van der Waals surface area contributed by atoms with Crippen molar-refractivity contribution in [1.82, 2.24) is 14.8 Å². The number of nitrogens with zero attached hydrogens (tertiary/aromatic N) is 3. The van der Waals surface area contributed by atoms with Gasteiger partial charge in [-0.05, 0) is 67.6 Å². The monoisotopic (exact) mass is 364 g/mol. The quantitative estimate of drug-likeness (QED) is 0.700. The number of hydrogen-bond donors (Lipinski definition) is 1. The predicted octanol–water partition coefficient (Wildman–Crippen LogP) is 4.51. The van der Waals surface area contributed by atoms with Crippen molar-refractivity contribution in [3.63, 3.8) is 0 Å². The van der Waals surface area contributed by atoms with E-state index in [1.54, 1.807) is 18.3 Å². The highest BCUT2D eigenvalue weighted by Gasteiger charge is 2.24. The lowest BCUT2D eigenvalue weighted by atomic mass is 10.0. The number of carbonyl (C=O) groups excluding carboxylic acids is 1. The summed E-state index contributed by atoms with van der Waals surface area (Å²) in [4.78, 5) is 16.3. The van der Waals surface area contributed by atoms with Gasteiger partial charge in [-0.25, -0.2) is 9.37 Å². The molecule has 0 bridgehead atoms. The molecule has 1 amide bonds. The maximum absolute atomic E-state index is 13.3. The summed E-state index contributed by atoms with van der Waals surface area (Å²) < 4.78 is 15.1. The first-order valence-corrected chi connectivity index (χ1v) is 9.22. The Bertz CT molecular complexity index is 961. The molecule has 1 aromatic carbocycles. The van der Waals surface area contributed by atoms with Crippen molar-refractivity contribution in [3.8, 4) is 22.4 Å². The molecule has 1 N–H and O–H groups in total. The van der Waals surface area contributed by atoms with Crippen molar-refractivity contribution >= 4 is 11.7 Å². The van der Waals surface area contributed by atoms with E-state index in [2.05, 4.69) is 15.4 Å². The Kier molecular flexibility index (Phi) is 4.71. The molecule has 0 radical (unpaired) electrons. The molecule has 138 valence electrons. The molecule has 0 saturated heterocycles. The lowest BCUT2D eigenvalue weighted by Crippen LogP contribution is -2.12. The van der Waals surface area contributed by atoms with Gasteiger partial charge in [-0.1, -0.05) is 0 Å². The third kappa shape index (κ3) is 4.05. The molecule has 0 unspecified atom stereocenters. The number of rotatable bonds is 6. The Morgan fingerprint density at radius 3 is 2.70 bits per heavy atom.